The smallest absolute Gasteiger partial charge is 0.269 e. The fraction of sp³-hybridized carbons (Fsp3) is 0.0769. The lowest BCUT2D eigenvalue weighted by Crippen LogP contribution is -2.00. The molecule has 0 amide bonds. The standard InChI is InChI=1S/C13H11FN2O3S/c14-13-7-10(15)2-1-9(13)8-20(19)12-5-3-11(4-6-12)16(17)18/h1-7H,8,15H2. The van der Waals surface area contributed by atoms with E-state index < -0.39 is 21.5 Å². The molecule has 0 aromatic heterocycles. The highest BCUT2D eigenvalue weighted by Gasteiger charge is 2.11. The summed E-state index contributed by atoms with van der Waals surface area (Å²) < 4.78 is 25.7. The first-order valence-corrected chi connectivity index (χ1v) is 6.96. The van der Waals surface area contributed by atoms with Gasteiger partial charge in [-0.2, -0.15) is 0 Å². The molecule has 2 N–H and O–H groups in total. The van der Waals surface area contributed by atoms with Gasteiger partial charge in [0, 0.05) is 28.3 Å². The van der Waals surface area contributed by atoms with Gasteiger partial charge in [0.05, 0.1) is 21.5 Å². The zero-order valence-electron chi connectivity index (χ0n) is 10.3. The summed E-state index contributed by atoms with van der Waals surface area (Å²) >= 11 is 0. The number of nitro benzene ring substituents is 1. The number of nitrogen functional groups attached to an aromatic ring is 1. The molecular weight excluding hydrogens is 283 g/mol. The summed E-state index contributed by atoms with van der Waals surface area (Å²) in [5.41, 5.74) is 5.94. The summed E-state index contributed by atoms with van der Waals surface area (Å²) in [7, 11) is -1.48. The van der Waals surface area contributed by atoms with Gasteiger partial charge in [-0.15, -0.1) is 0 Å². The number of hydrogen-bond donors (Lipinski definition) is 1. The van der Waals surface area contributed by atoms with E-state index in [-0.39, 0.29) is 17.0 Å². The molecule has 2 aromatic carbocycles. The van der Waals surface area contributed by atoms with Crippen LogP contribution in [0, 0.1) is 15.9 Å². The van der Waals surface area contributed by atoms with Gasteiger partial charge in [0.25, 0.3) is 5.69 Å². The minimum Gasteiger partial charge on any atom is -0.399 e. The van der Waals surface area contributed by atoms with Gasteiger partial charge in [0.15, 0.2) is 0 Å². The molecule has 0 saturated heterocycles. The van der Waals surface area contributed by atoms with E-state index in [4.69, 9.17) is 5.73 Å². The van der Waals surface area contributed by atoms with Crippen LogP contribution in [0.5, 0.6) is 0 Å². The third kappa shape index (κ3) is 3.18. The van der Waals surface area contributed by atoms with E-state index in [9.17, 15) is 18.7 Å². The number of hydrogen-bond acceptors (Lipinski definition) is 4. The Morgan fingerprint density at radius 3 is 2.40 bits per heavy atom. The van der Waals surface area contributed by atoms with Gasteiger partial charge in [-0.25, -0.2) is 4.39 Å². The number of non-ortho nitro benzene ring substituents is 1. The van der Waals surface area contributed by atoms with Crippen molar-refractivity contribution in [1.29, 1.82) is 0 Å². The topological polar surface area (TPSA) is 86.2 Å². The molecule has 1 unspecified atom stereocenters. The molecule has 0 aliphatic rings. The fourth-order valence-electron chi connectivity index (χ4n) is 1.62. The van der Waals surface area contributed by atoms with Crippen LogP contribution >= 0.6 is 0 Å². The highest BCUT2D eigenvalue weighted by atomic mass is 32.2. The quantitative estimate of drug-likeness (QED) is 0.533. The van der Waals surface area contributed by atoms with Crippen molar-refractivity contribution in [3.8, 4) is 0 Å². The van der Waals surface area contributed by atoms with Crippen molar-refractivity contribution in [3.63, 3.8) is 0 Å². The number of anilines is 1. The van der Waals surface area contributed by atoms with Crippen molar-refractivity contribution in [3.05, 3.63) is 64.0 Å². The van der Waals surface area contributed by atoms with Crippen molar-refractivity contribution in [2.45, 2.75) is 10.6 Å². The maximum Gasteiger partial charge on any atom is 0.269 e. The average Bonchev–Trinajstić information content (AvgIpc) is 2.42. The molecule has 2 aromatic rings. The average molecular weight is 294 g/mol. The van der Waals surface area contributed by atoms with Crippen LogP contribution in [0.1, 0.15) is 5.56 Å². The monoisotopic (exact) mass is 294 g/mol. The highest BCUT2D eigenvalue weighted by Crippen LogP contribution is 2.19. The lowest BCUT2D eigenvalue weighted by atomic mass is 10.2. The molecular formula is C13H11FN2O3S. The first-order valence-electron chi connectivity index (χ1n) is 5.64. The Hall–Kier alpha value is -2.28. The summed E-state index contributed by atoms with van der Waals surface area (Å²) in [6.07, 6.45) is 0. The van der Waals surface area contributed by atoms with Crippen LogP contribution < -0.4 is 5.73 Å². The predicted octanol–water partition coefficient (Wildman–Crippen LogP) is 2.62. The molecule has 7 heteroatoms. The zero-order chi connectivity index (χ0) is 14.7. The second kappa shape index (κ2) is 5.79. The second-order valence-corrected chi connectivity index (χ2v) is 5.54. The van der Waals surface area contributed by atoms with Crippen LogP contribution in [0.3, 0.4) is 0 Å². The van der Waals surface area contributed by atoms with Crippen LogP contribution in [-0.4, -0.2) is 9.13 Å². The molecule has 0 bridgehead atoms. The lowest BCUT2D eigenvalue weighted by Gasteiger charge is -2.05. The number of benzene rings is 2. The molecule has 104 valence electrons. The molecule has 2 rings (SSSR count). The van der Waals surface area contributed by atoms with Crippen molar-refractivity contribution in [1.82, 2.24) is 0 Å². The van der Waals surface area contributed by atoms with Gasteiger partial charge in [-0.3, -0.25) is 14.3 Å². The molecule has 0 heterocycles. The van der Waals surface area contributed by atoms with Gasteiger partial charge in [0.2, 0.25) is 0 Å². The number of nitro groups is 1. The fourth-order valence-corrected chi connectivity index (χ4v) is 2.75. The van der Waals surface area contributed by atoms with Gasteiger partial charge < -0.3 is 5.73 Å². The first kappa shape index (κ1) is 14.1. The normalized spacial score (nSPS) is 12.1. The van der Waals surface area contributed by atoms with E-state index in [1.54, 1.807) is 0 Å². The lowest BCUT2D eigenvalue weighted by molar-refractivity contribution is -0.384. The van der Waals surface area contributed by atoms with Crippen molar-refractivity contribution < 1.29 is 13.5 Å². The Morgan fingerprint density at radius 2 is 1.85 bits per heavy atom. The van der Waals surface area contributed by atoms with E-state index in [2.05, 4.69) is 0 Å². The summed E-state index contributed by atoms with van der Waals surface area (Å²) in [5.74, 6) is -0.524. The number of halogens is 1. The van der Waals surface area contributed by atoms with Crippen LogP contribution in [0.15, 0.2) is 47.4 Å². The molecule has 0 spiro atoms. The first-order chi connectivity index (χ1) is 9.47. The summed E-state index contributed by atoms with van der Waals surface area (Å²) in [6.45, 7) is 0. The highest BCUT2D eigenvalue weighted by molar-refractivity contribution is 7.84. The molecule has 20 heavy (non-hydrogen) atoms. The molecule has 0 saturated carbocycles. The second-order valence-electron chi connectivity index (χ2n) is 4.09. The Bertz CT molecular complexity index is 674. The Labute approximate surface area is 116 Å². The minimum absolute atomic E-state index is 0.01000. The van der Waals surface area contributed by atoms with Crippen molar-refractivity contribution in [2.24, 2.45) is 0 Å². The molecule has 0 aliphatic carbocycles. The minimum atomic E-state index is -1.48. The van der Waals surface area contributed by atoms with E-state index >= 15 is 0 Å². The summed E-state index contributed by atoms with van der Waals surface area (Å²) in [6, 6.07) is 9.54. The third-order valence-corrected chi connectivity index (χ3v) is 4.05. The molecule has 5 nitrogen and oxygen atoms in total. The Kier molecular flexibility index (Phi) is 4.09. The molecule has 0 aliphatic heterocycles. The van der Waals surface area contributed by atoms with Gasteiger partial charge in [-0.05, 0) is 24.3 Å². The van der Waals surface area contributed by atoms with E-state index in [1.807, 2.05) is 0 Å². The predicted molar refractivity (Wildman–Crippen MR) is 74.0 cm³/mol. The van der Waals surface area contributed by atoms with E-state index in [1.165, 1.54) is 42.5 Å². The maximum absolute atomic E-state index is 13.6. The summed E-state index contributed by atoms with van der Waals surface area (Å²) in [5, 5.41) is 10.5. The number of nitrogens with two attached hydrogens (primary N) is 1. The maximum atomic E-state index is 13.6. The molecule has 1 atom stereocenters. The zero-order valence-corrected chi connectivity index (χ0v) is 11.1. The Morgan fingerprint density at radius 1 is 1.20 bits per heavy atom. The Balaban J connectivity index is 2.17. The summed E-state index contributed by atoms with van der Waals surface area (Å²) in [4.78, 5) is 10.4. The largest absolute Gasteiger partial charge is 0.399 e. The van der Waals surface area contributed by atoms with E-state index in [0.29, 0.717) is 10.6 Å². The SMILES string of the molecule is Nc1ccc(CS(=O)c2ccc([N+](=O)[O-])cc2)c(F)c1. The van der Waals surface area contributed by atoms with Crippen LogP contribution in [0.25, 0.3) is 0 Å². The third-order valence-electron chi connectivity index (χ3n) is 2.67. The van der Waals surface area contributed by atoms with Crippen molar-refractivity contribution >= 4 is 22.2 Å². The van der Waals surface area contributed by atoms with E-state index in [0.717, 1.165) is 0 Å². The molecule has 0 radical (unpaired) electrons. The van der Waals surface area contributed by atoms with Gasteiger partial charge >= 0.3 is 0 Å². The van der Waals surface area contributed by atoms with Gasteiger partial charge in [0.1, 0.15) is 5.82 Å². The van der Waals surface area contributed by atoms with Crippen LogP contribution in [0.4, 0.5) is 15.8 Å². The van der Waals surface area contributed by atoms with Crippen LogP contribution in [-0.2, 0) is 16.6 Å². The van der Waals surface area contributed by atoms with Crippen molar-refractivity contribution in [2.75, 3.05) is 5.73 Å². The van der Waals surface area contributed by atoms with Crippen LogP contribution in [0.2, 0.25) is 0 Å². The number of rotatable bonds is 4. The molecule has 0 fully saturated rings. The number of nitrogens with zero attached hydrogens (tertiary/aromatic N) is 1. The van der Waals surface area contributed by atoms with Gasteiger partial charge in [-0.1, -0.05) is 6.07 Å².